The second-order valence-electron chi connectivity index (χ2n) is 6.12. The molecule has 1 N–H and O–H groups in total. The van der Waals surface area contributed by atoms with Gasteiger partial charge in [0.15, 0.2) is 6.10 Å². The van der Waals surface area contributed by atoms with Crippen molar-refractivity contribution in [2.75, 3.05) is 31.4 Å². The zero-order valence-electron chi connectivity index (χ0n) is 16.0. The first-order valence-corrected chi connectivity index (χ1v) is 8.34. The predicted octanol–water partition coefficient (Wildman–Crippen LogP) is 2.85. The molecule has 2 aromatic rings. The number of nitrogens with zero attached hydrogens (tertiary/aromatic N) is 2. The van der Waals surface area contributed by atoms with Gasteiger partial charge >= 0.3 is 5.97 Å². The van der Waals surface area contributed by atoms with E-state index < -0.39 is 22.9 Å². The van der Waals surface area contributed by atoms with E-state index in [0.29, 0.717) is 5.69 Å². The maximum atomic E-state index is 12.4. The number of esters is 1. The van der Waals surface area contributed by atoms with E-state index in [4.69, 9.17) is 9.47 Å². The molecule has 0 bridgehead atoms. The van der Waals surface area contributed by atoms with Crippen LogP contribution in [0, 0.1) is 10.1 Å². The van der Waals surface area contributed by atoms with Crippen LogP contribution in [0.1, 0.15) is 17.3 Å². The Morgan fingerprint density at radius 3 is 2.32 bits per heavy atom. The minimum Gasteiger partial charge on any atom is -0.496 e. The molecule has 0 heterocycles. The molecule has 1 unspecified atom stereocenters. The predicted molar refractivity (Wildman–Crippen MR) is 104 cm³/mol. The number of non-ortho nitro benzene ring substituents is 1. The van der Waals surface area contributed by atoms with E-state index in [1.54, 1.807) is 12.1 Å². The summed E-state index contributed by atoms with van der Waals surface area (Å²) < 4.78 is 10.2. The van der Waals surface area contributed by atoms with Crippen LogP contribution in [0.3, 0.4) is 0 Å². The van der Waals surface area contributed by atoms with Crippen LogP contribution in [0.2, 0.25) is 0 Å². The fourth-order valence-electron chi connectivity index (χ4n) is 2.33. The Balaban J connectivity index is 2.08. The molecule has 0 saturated heterocycles. The van der Waals surface area contributed by atoms with Crippen molar-refractivity contribution in [1.82, 2.24) is 0 Å². The van der Waals surface area contributed by atoms with E-state index in [-0.39, 0.29) is 17.0 Å². The van der Waals surface area contributed by atoms with Crippen molar-refractivity contribution < 1.29 is 24.0 Å². The Morgan fingerprint density at radius 1 is 1.14 bits per heavy atom. The zero-order valence-corrected chi connectivity index (χ0v) is 16.0. The summed E-state index contributed by atoms with van der Waals surface area (Å²) in [5.74, 6) is -1.32. The number of rotatable bonds is 7. The van der Waals surface area contributed by atoms with Gasteiger partial charge in [-0.2, -0.15) is 0 Å². The van der Waals surface area contributed by atoms with Crippen LogP contribution >= 0.6 is 0 Å². The summed E-state index contributed by atoms with van der Waals surface area (Å²) in [6.07, 6.45) is -1.12. The van der Waals surface area contributed by atoms with Gasteiger partial charge in [-0.25, -0.2) is 4.79 Å². The Bertz CT molecular complexity index is 880. The van der Waals surface area contributed by atoms with Crippen LogP contribution in [-0.2, 0) is 9.53 Å². The minimum atomic E-state index is -1.12. The highest BCUT2D eigenvalue weighted by Gasteiger charge is 2.23. The summed E-state index contributed by atoms with van der Waals surface area (Å²) in [5.41, 5.74) is 1.10. The molecule has 0 aliphatic rings. The molecule has 0 fully saturated rings. The van der Waals surface area contributed by atoms with Gasteiger partial charge in [0.2, 0.25) is 0 Å². The molecule has 0 aromatic heterocycles. The second-order valence-corrected chi connectivity index (χ2v) is 6.12. The molecule has 0 saturated carbocycles. The van der Waals surface area contributed by atoms with Crippen molar-refractivity contribution in [3.8, 4) is 5.75 Å². The van der Waals surface area contributed by atoms with Gasteiger partial charge < -0.3 is 19.7 Å². The number of benzene rings is 2. The van der Waals surface area contributed by atoms with Crippen molar-refractivity contribution in [2.24, 2.45) is 0 Å². The molecule has 0 aliphatic carbocycles. The Morgan fingerprint density at radius 2 is 1.79 bits per heavy atom. The third-order valence-corrected chi connectivity index (χ3v) is 3.92. The minimum absolute atomic E-state index is 0.113. The van der Waals surface area contributed by atoms with Crippen molar-refractivity contribution in [1.29, 1.82) is 0 Å². The summed E-state index contributed by atoms with van der Waals surface area (Å²) in [6.45, 7) is 1.41. The van der Waals surface area contributed by atoms with E-state index in [9.17, 15) is 19.7 Å². The Kier molecular flexibility index (Phi) is 6.54. The lowest BCUT2D eigenvalue weighted by Crippen LogP contribution is -2.30. The number of carbonyl (C=O) groups excluding carboxylic acids is 2. The quantitative estimate of drug-likeness (QED) is 0.442. The molecule has 0 aliphatic heterocycles. The number of ether oxygens (including phenoxy) is 2. The van der Waals surface area contributed by atoms with Gasteiger partial charge in [-0.1, -0.05) is 0 Å². The van der Waals surface area contributed by atoms with Gasteiger partial charge in [0.25, 0.3) is 11.6 Å². The van der Waals surface area contributed by atoms with Crippen molar-refractivity contribution in [2.45, 2.75) is 13.0 Å². The first-order valence-electron chi connectivity index (χ1n) is 8.34. The summed E-state index contributed by atoms with van der Waals surface area (Å²) in [7, 11) is 5.13. The van der Waals surface area contributed by atoms with Crippen LogP contribution in [0.15, 0.2) is 42.5 Å². The molecule has 0 spiro atoms. The van der Waals surface area contributed by atoms with Gasteiger partial charge in [-0.15, -0.1) is 0 Å². The van der Waals surface area contributed by atoms with E-state index in [0.717, 1.165) is 11.8 Å². The lowest BCUT2D eigenvalue weighted by molar-refractivity contribution is -0.384. The van der Waals surface area contributed by atoms with Crippen LogP contribution < -0.4 is 15.0 Å². The number of nitrogens with one attached hydrogen (secondary N) is 1. The molecule has 2 rings (SSSR count). The lowest BCUT2D eigenvalue weighted by Gasteiger charge is -2.16. The number of anilines is 2. The maximum Gasteiger partial charge on any atom is 0.342 e. The van der Waals surface area contributed by atoms with Crippen LogP contribution in [-0.4, -0.2) is 44.1 Å². The largest absolute Gasteiger partial charge is 0.496 e. The van der Waals surface area contributed by atoms with Gasteiger partial charge in [-0.3, -0.25) is 14.9 Å². The molecule has 9 nitrogen and oxygen atoms in total. The summed E-state index contributed by atoms with van der Waals surface area (Å²) in [5, 5.41) is 13.6. The standard InChI is InChI=1S/C19H21N3O6/c1-12(18(23)20-13-5-7-14(8-6-13)21(2)3)28-19(24)16-11-15(22(25)26)9-10-17(16)27-4/h5-12H,1-4H3,(H,20,23). The Hall–Kier alpha value is -3.62. The van der Waals surface area contributed by atoms with Gasteiger partial charge in [0, 0.05) is 37.6 Å². The number of carbonyl (C=O) groups is 2. The summed E-state index contributed by atoms with van der Waals surface area (Å²) >= 11 is 0. The van der Waals surface area contributed by atoms with E-state index in [1.165, 1.54) is 26.2 Å². The van der Waals surface area contributed by atoms with Gasteiger partial charge in [-0.05, 0) is 37.3 Å². The molecule has 0 radical (unpaired) electrons. The van der Waals surface area contributed by atoms with E-state index in [2.05, 4.69) is 5.32 Å². The van der Waals surface area contributed by atoms with Crippen LogP contribution in [0.5, 0.6) is 5.75 Å². The lowest BCUT2D eigenvalue weighted by atomic mass is 10.1. The normalized spacial score (nSPS) is 11.3. The average molecular weight is 387 g/mol. The van der Waals surface area contributed by atoms with Crippen molar-refractivity contribution in [3.63, 3.8) is 0 Å². The summed E-state index contributed by atoms with van der Waals surface area (Å²) in [4.78, 5) is 36.9. The molecule has 1 amide bonds. The van der Waals surface area contributed by atoms with Crippen molar-refractivity contribution >= 4 is 28.9 Å². The summed E-state index contributed by atoms with van der Waals surface area (Å²) in [6, 6.07) is 10.7. The molecular weight excluding hydrogens is 366 g/mol. The number of nitro groups is 1. The topological polar surface area (TPSA) is 111 Å². The number of methoxy groups -OCH3 is 1. The molecular formula is C19H21N3O6. The SMILES string of the molecule is COc1ccc([N+](=O)[O-])cc1C(=O)OC(C)C(=O)Nc1ccc(N(C)C)cc1. The van der Waals surface area contributed by atoms with E-state index in [1.807, 2.05) is 31.1 Å². The van der Waals surface area contributed by atoms with E-state index >= 15 is 0 Å². The molecule has 9 heteroatoms. The third kappa shape index (κ3) is 4.97. The number of nitro benzene ring substituents is 1. The third-order valence-electron chi connectivity index (χ3n) is 3.92. The monoisotopic (exact) mass is 387 g/mol. The van der Waals surface area contributed by atoms with Crippen LogP contribution in [0.4, 0.5) is 17.1 Å². The fourth-order valence-corrected chi connectivity index (χ4v) is 2.33. The Labute approximate surface area is 162 Å². The maximum absolute atomic E-state index is 12.4. The van der Waals surface area contributed by atoms with Gasteiger partial charge in [0.05, 0.1) is 12.0 Å². The van der Waals surface area contributed by atoms with Crippen LogP contribution in [0.25, 0.3) is 0 Å². The van der Waals surface area contributed by atoms with Gasteiger partial charge in [0.1, 0.15) is 11.3 Å². The smallest absolute Gasteiger partial charge is 0.342 e. The molecule has 148 valence electrons. The highest BCUT2D eigenvalue weighted by Crippen LogP contribution is 2.25. The second kappa shape index (κ2) is 8.85. The number of hydrogen-bond acceptors (Lipinski definition) is 7. The first kappa shape index (κ1) is 20.7. The molecule has 2 aromatic carbocycles. The average Bonchev–Trinajstić information content (AvgIpc) is 2.67. The zero-order chi connectivity index (χ0) is 20.8. The molecule has 1 atom stereocenters. The van der Waals surface area contributed by atoms with Crippen molar-refractivity contribution in [3.05, 3.63) is 58.1 Å². The number of hydrogen-bond donors (Lipinski definition) is 1. The highest BCUT2D eigenvalue weighted by molar-refractivity contribution is 5.98. The number of amides is 1. The highest BCUT2D eigenvalue weighted by atomic mass is 16.6. The first-order chi connectivity index (χ1) is 13.2. The molecule has 28 heavy (non-hydrogen) atoms. The fraction of sp³-hybridized carbons (Fsp3) is 0.263.